The van der Waals surface area contributed by atoms with Gasteiger partial charge in [-0.15, -0.1) is 0 Å². The molecule has 2 N–H and O–H groups in total. The Morgan fingerprint density at radius 2 is 1.79 bits per heavy atom. The van der Waals surface area contributed by atoms with Gasteiger partial charge in [-0.05, 0) is 31.3 Å². The topological polar surface area (TPSA) is 32.5 Å². The Balaban J connectivity index is 0.000000980. The second kappa shape index (κ2) is 5.73. The molecule has 0 atom stereocenters. The van der Waals surface area contributed by atoms with Crippen molar-refractivity contribution in [3.05, 3.63) is 7.05 Å². The van der Waals surface area contributed by atoms with Gasteiger partial charge in [0.15, 0.2) is 0 Å². The molecule has 0 aromatic carbocycles. The summed E-state index contributed by atoms with van der Waals surface area (Å²) >= 11 is 0. The molecule has 76 valence electrons. The molecule has 2 rings (SSSR count). The maximum atomic E-state index is 5.52. The van der Waals surface area contributed by atoms with Gasteiger partial charge in [0.2, 0.25) is 0 Å². The van der Waals surface area contributed by atoms with Crippen molar-refractivity contribution in [3.63, 3.8) is 0 Å². The summed E-state index contributed by atoms with van der Waals surface area (Å²) in [5, 5.41) is 0. The van der Waals surface area contributed by atoms with Crippen molar-refractivity contribution in [3.8, 4) is 0 Å². The fraction of sp³-hybridized carbons (Fsp3) is 0.900. The van der Waals surface area contributed by atoms with E-state index in [9.17, 15) is 0 Å². The third-order valence-corrected chi connectivity index (χ3v) is 3.48. The second-order valence-electron chi connectivity index (χ2n) is 4.62. The summed E-state index contributed by atoms with van der Waals surface area (Å²) in [7, 11) is 3.98. The molecule has 2 heterocycles. The van der Waals surface area contributed by atoms with Crippen LogP contribution in [0.2, 0.25) is 0 Å². The zero-order chi connectivity index (χ0) is 9.31. The second-order valence-corrected chi connectivity index (χ2v) is 4.62. The van der Waals surface area contributed by atoms with Crippen molar-refractivity contribution in [1.82, 2.24) is 9.80 Å². The number of hydrogen-bond acceptors (Lipinski definition) is 3. The van der Waals surface area contributed by atoms with Crippen LogP contribution >= 0.6 is 0 Å². The average Bonchev–Trinajstić information content (AvgIpc) is 2.07. The van der Waals surface area contributed by atoms with Gasteiger partial charge in [-0.3, -0.25) is 7.05 Å². The number of nitrogens with two attached hydrogens (primary N) is 1. The van der Waals surface area contributed by atoms with Gasteiger partial charge in [-0.1, -0.05) is 0 Å². The predicted molar refractivity (Wildman–Crippen MR) is 54.1 cm³/mol. The molecular formula is C10H20KN3. The number of likely N-dealkylation sites (tertiary alicyclic amines) is 2. The van der Waals surface area contributed by atoms with Crippen molar-refractivity contribution >= 4 is 0 Å². The van der Waals surface area contributed by atoms with E-state index in [1.54, 1.807) is 0 Å². The zero-order valence-corrected chi connectivity index (χ0v) is 12.5. The number of nitrogens with zero attached hydrogens (tertiary/aromatic N) is 2. The van der Waals surface area contributed by atoms with Crippen molar-refractivity contribution in [1.29, 1.82) is 0 Å². The molecule has 3 nitrogen and oxygen atoms in total. The molecule has 0 saturated carbocycles. The zero-order valence-electron chi connectivity index (χ0n) is 9.34. The summed E-state index contributed by atoms with van der Waals surface area (Å²) < 4.78 is 0. The molecular weight excluding hydrogens is 201 g/mol. The van der Waals surface area contributed by atoms with E-state index in [-0.39, 0.29) is 51.4 Å². The van der Waals surface area contributed by atoms with Crippen LogP contribution < -0.4 is 57.1 Å². The van der Waals surface area contributed by atoms with Crippen LogP contribution in [0.15, 0.2) is 0 Å². The molecule has 0 aromatic rings. The molecule has 0 aromatic heterocycles. The molecule has 2 aliphatic heterocycles. The van der Waals surface area contributed by atoms with Gasteiger partial charge in [0.25, 0.3) is 0 Å². The Hall–Kier alpha value is 1.52. The summed E-state index contributed by atoms with van der Waals surface area (Å²) in [6.45, 7) is 6.79. The van der Waals surface area contributed by atoms with Crippen LogP contribution in [-0.2, 0) is 0 Å². The van der Waals surface area contributed by atoms with E-state index in [0.717, 1.165) is 13.1 Å². The van der Waals surface area contributed by atoms with Gasteiger partial charge in [0, 0.05) is 26.2 Å². The molecule has 14 heavy (non-hydrogen) atoms. The fourth-order valence-corrected chi connectivity index (χ4v) is 2.59. The van der Waals surface area contributed by atoms with E-state index >= 15 is 0 Å². The Labute approximate surface area is 130 Å². The van der Waals surface area contributed by atoms with Crippen LogP contribution in [0.4, 0.5) is 0 Å². The minimum absolute atomic E-state index is 0. The van der Waals surface area contributed by atoms with E-state index in [2.05, 4.69) is 16.8 Å². The van der Waals surface area contributed by atoms with E-state index < -0.39 is 0 Å². The number of piperidine rings is 1. The molecule has 2 fully saturated rings. The monoisotopic (exact) mass is 221 g/mol. The largest absolute Gasteiger partial charge is 1.00 e. The molecule has 2 aliphatic rings. The quantitative estimate of drug-likeness (QED) is 0.402. The van der Waals surface area contributed by atoms with Gasteiger partial charge >= 0.3 is 51.4 Å². The predicted octanol–water partition coefficient (Wildman–Crippen LogP) is -2.86. The Morgan fingerprint density at radius 1 is 1.21 bits per heavy atom. The minimum Gasteiger partial charge on any atom is -0.459 e. The SMILES string of the molecule is [CH2-]N1CCC2(CC1)CN(CCN)C2.[K+]. The molecule has 0 amide bonds. The maximum Gasteiger partial charge on any atom is 1.00 e. The third kappa shape index (κ3) is 3.01. The van der Waals surface area contributed by atoms with Crippen LogP contribution in [0.25, 0.3) is 0 Å². The van der Waals surface area contributed by atoms with E-state index in [0.29, 0.717) is 5.41 Å². The Bertz CT molecular complexity index is 170. The van der Waals surface area contributed by atoms with Crippen LogP contribution in [-0.4, -0.2) is 49.1 Å². The summed E-state index contributed by atoms with van der Waals surface area (Å²) in [4.78, 5) is 4.66. The molecule has 1 spiro atoms. The van der Waals surface area contributed by atoms with Crippen molar-refractivity contribution in [2.75, 3.05) is 39.3 Å². The fourth-order valence-electron chi connectivity index (χ4n) is 2.59. The van der Waals surface area contributed by atoms with E-state index in [4.69, 9.17) is 5.73 Å². The first-order valence-electron chi connectivity index (χ1n) is 5.22. The molecule has 0 radical (unpaired) electrons. The molecule has 0 aliphatic carbocycles. The minimum atomic E-state index is 0. The summed E-state index contributed by atoms with van der Waals surface area (Å²) in [6, 6.07) is 0. The van der Waals surface area contributed by atoms with E-state index in [1.165, 1.54) is 39.0 Å². The molecule has 4 heteroatoms. The van der Waals surface area contributed by atoms with Crippen molar-refractivity contribution in [2.24, 2.45) is 11.1 Å². The summed E-state index contributed by atoms with van der Waals surface area (Å²) in [6.07, 6.45) is 2.66. The first kappa shape index (κ1) is 13.6. The van der Waals surface area contributed by atoms with Gasteiger partial charge in [0.1, 0.15) is 0 Å². The van der Waals surface area contributed by atoms with Gasteiger partial charge in [0.05, 0.1) is 0 Å². The van der Waals surface area contributed by atoms with Crippen molar-refractivity contribution < 1.29 is 51.4 Å². The standard InChI is InChI=1S/C10H20N3.K/c1-12-5-2-10(3-6-12)8-13(9-10)7-4-11;/h1-9,11H2;/q-1;+1. The van der Waals surface area contributed by atoms with Crippen LogP contribution in [0.5, 0.6) is 0 Å². The maximum absolute atomic E-state index is 5.52. The van der Waals surface area contributed by atoms with Crippen LogP contribution in [0.3, 0.4) is 0 Å². The third-order valence-electron chi connectivity index (χ3n) is 3.48. The Morgan fingerprint density at radius 3 is 2.29 bits per heavy atom. The molecule has 0 unspecified atom stereocenters. The summed E-state index contributed by atoms with van der Waals surface area (Å²) in [5.74, 6) is 0. The molecule has 2 saturated heterocycles. The number of rotatable bonds is 2. The normalized spacial score (nSPS) is 27.0. The first-order valence-corrected chi connectivity index (χ1v) is 5.22. The first-order chi connectivity index (χ1) is 6.24. The van der Waals surface area contributed by atoms with Gasteiger partial charge in [-0.25, -0.2) is 0 Å². The summed E-state index contributed by atoms with van der Waals surface area (Å²) in [5.41, 5.74) is 6.16. The number of hydrogen-bond donors (Lipinski definition) is 1. The van der Waals surface area contributed by atoms with Crippen LogP contribution in [0, 0.1) is 12.5 Å². The van der Waals surface area contributed by atoms with Crippen molar-refractivity contribution in [2.45, 2.75) is 12.8 Å². The van der Waals surface area contributed by atoms with Gasteiger partial charge in [-0.2, -0.15) is 0 Å². The molecule has 0 bridgehead atoms. The average molecular weight is 221 g/mol. The van der Waals surface area contributed by atoms with E-state index in [1.807, 2.05) is 0 Å². The smallest absolute Gasteiger partial charge is 0.459 e. The van der Waals surface area contributed by atoms with Crippen LogP contribution in [0.1, 0.15) is 12.8 Å². The Kier molecular flexibility index (Phi) is 5.56. The van der Waals surface area contributed by atoms with Gasteiger partial charge < -0.3 is 15.5 Å².